The van der Waals surface area contributed by atoms with Crippen LogP contribution < -0.4 is 0 Å². The third-order valence-corrected chi connectivity index (χ3v) is 2.33. The largest absolute Gasteiger partial charge is 0.463 e. The third-order valence-electron chi connectivity index (χ3n) is 2.15. The van der Waals surface area contributed by atoms with Gasteiger partial charge in [0, 0.05) is 0 Å². The number of ether oxygens (including phenoxy) is 1. The molecule has 0 heterocycles. The zero-order valence-electron chi connectivity index (χ0n) is 8.99. The lowest BCUT2D eigenvalue weighted by Gasteiger charge is -2.13. The van der Waals surface area contributed by atoms with Gasteiger partial charge in [0.05, 0.1) is 12.5 Å². The van der Waals surface area contributed by atoms with Crippen molar-refractivity contribution >= 4 is 18.9 Å². The molecule has 3 nitrogen and oxygen atoms in total. The van der Waals surface area contributed by atoms with Crippen LogP contribution in [0.15, 0.2) is 0 Å². The molecule has 0 radical (unpaired) electrons. The zero-order chi connectivity index (χ0) is 10.8. The maximum Gasteiger partial charge on any atom is 0.308 e. The third kappa shape index (κ3) is 6.27. The minimum absolute atomic E-state index is 0.0508. The van der Waals surface area contributed by atoms with Crippen LogP contribution in [0.1, 0.15) is 39.5 Å². The molecule has 1 atom stereocenters. The minimum Gasteiger partial charge on any atom is -0.463 e. The SMILES string of the molecule is CCCCC(CC)C(=O)OCCOS. The van der Waals surface area contributed by atoms with Gasteiger partial charge < -0.3 is 8.92 Å². The Morgan fingerprint density at radius 1 is 1.36 bits per heavy atom. The predicted octanol–water partition coefficient (Wildman–Crippen LogP) is 2.61. The summed E-state index contributed by atoms with van der Waals surface area (Å²) in [6, 6.07) is 0. The fourth-order valence-electron chi connectivity index (χ4n) is 1.24. The lowest BCUT2D eigenvalue weighted by Crippen LogP contribution is -2.18. The van der Waals surface area contributed by atoms with Gasteiger partial charge in [0.2, 0.25) is 0 Å². The zero-order valence-corrected chi connectivity index (χ0v) is 9.89. The van der Waals surface area contributed by atoms with E-state index >= 15 is 0 Å². The van der Waals surface area contributed by atoms with E-state index in [1.165, 1.54) is 0 Å². The molecule has 0 aliphatic carbocycles. The Hall–Kier alpha value is -0.220. The Morgan fingerprint density at radius 2 is 2.07 bits per heavy atom. The van der Waals surface area contributed by atoms with Gasteiger partial charge in [-0.15, -0.1) is 0 Å². The molecule has 0 aromatic heterocycles. The average molecular weight is 220 g/mol. The van der Waals surface area contributed by atoms with Gasteiger partial charge in [-0.1, -0.05) is 26.7 Å². The highest BCUT2D eigenvalue weighted by Crippen LogP contribution is 2.14. The highest BCUT2D eigenvalue weighted by molar-refractivity contribution is 7.75. The molecular weight excluding hydrogens is 200 g/mol. The summed E-state index contributed by atoms with van der Waals surface area (Å²) < 4.78 is 9.52. The maximum atomic E-state index is 11.5. The average Bonchev–Trinajstić information content (AvgIpc) is 2.19. The first kappa shape index (κ1) is 13.8. The second-order valence-electron chi connectivity index (χ2n) is 3.25. The number of carbonyl (C=O) groups excluding carboxylic acids is 1. The van der Waals surface area contributed by atoms with E-state index in [9.17, 15) is 4.79 Å². The molecule has 0 bridgehead atoms. The molecule has 0 rings (SSSR count). The first-order chi connectivity index (χ1) is 6.76. The van der Waals surface area contributed by atoms with Crippen molar-refractivity contribution < 1.29 is 13.7 Å². The van der Waals surface area contributed by atoms with Gasteiger partial charge in [0.15, 0.2) is 0 Å². The molecular formula is C10H20O3S. The van der Waals surface area contributed by atoms with Crippen molar-refractivity contribution in [2.45, 2.75) is 39.5 Å². The molecule has 0 saturated carbocycles. The van der Waals surface area contributed by atoms with Crippen LogP contribution in [0.2, 0.25) is 0 Å². The highest BCUT2D eigenvalue weighted by Gasteiger charge is 2.16. The summed E-state index contributed by atoms with van der Waals surface area (Å²) in [5.41, 5.74) is 0. The summed E-state index contributed by atoms with van der Waals surface area (Å²) in [5, 5.41) is 0. The number of hydrogen-bond acceptors (Lipinski definition) is 4. The smallest absolute Gasteiger partial charge is 0.308 e. The quantitative estimate of drug-likeness (QED) is 0.295. The molecule has 0 aliphatic rings. The van der Waals surface area contributed by atoms with Crippen LogP contribution in [-0.2, 0) is 13.7 Å². The molecule has 0 N–H and O–H groups in total. The molecule has 1 unspecified atom stereocenters. The topological polar surface area (TPSA) is 35.5 Å². The van der Waals surface area contributed by atoms with Crippen LogP contribution in [0, 0.1) is 5.92 Å². The van der Waals surface area contributed by atoms with E-state index in [2.05, 4.69) is 24.0 Å². The molecule has 0 spiro atoms. The second-order valence-corrected chi connectivity index (χ2v) is 3.51. The lowest BCUT2D eigenvalue weighted by atomic mass is 10.00. The van der Waals surface area contributed by atoms with E-state index in [0.717, 1.165) is 25.7 Å². The van der Waals surface area contributed by atoms with Crippen molar-refractivity contribution in [3.8, 4) is 0 Å². The number of hydrogen-bond donors (Lipinski definition) is 1. The Bertz CT molecular complexity index is 150. The summed E-state index contributed by atoms with van der Waals surface area (Å²) in [5.74, 6) is -0.0544. The van der Waals surface area contributed by atoms with Crippen molar-refractivity contribution in [1.82, 2.24) is 0 Å². The molecule has 0 aromatic carbocycles. The predicted molar refractivity (Wildman–Crippen MR) is 59.2 cm³/mol. The van der Waals surface area contributed by atoms with Gasteiger partial charge in [-0.05, 0) is 25.8 Å². The van der Waals surface area contributed by atoms with Crippen LogP contribution >= 0.6 is 12.9 Å². The fraction of sp³-hybridized carbons (Fsp3) is 0.900. The van der Waals surface area contributed by atoms with Gasteiger partial charge in [-0.3, -0.25) is 4.79 Å². The summed E-state index contributed by atoms with van der Waals surface area (Å²) in [6.07, 6.45) is 3.97. The molecule has 84 valence electrons. The van der Waals surface area contributed by atoms with Crippen LogP contribution in [-0.4, -0.2) is 19.2 Å². The molecule has 0 aromatic rings. The van der Waals surface area contributed by atoms with Gasteiger partial charge in [0.1, 0.15) is 6.61 Å². The summed E-state index contributed by atoms with van der Waals surface area (Å²) in [6.45, 7) is 4.77. The molecule has 0 saturated heterocycles. The molecule has 4 heteroatoms. The Kier molecular flexibility index (Phi) is 9.19. The van der Waals surface area contributed by atoms with Gasteiger partial charge in [0.25, 0.3) is 0 Å². The summed E-state index contributed by atoms with van der Waals surface area (Å²) >= 11 is 3.56. The maximum absolute atomic E-state index is 11.5. The standard InChI is InChI=1S/C10H20O3S/c1-3-5-6-9(4-2)10(11)12-7-8-13-14/h9,14H,3-8H2,1-2H3. The monoisotopic (exact) mass is 220 g/mol. The van der Waals surface area contributed by atoms with Gasteiger partial charge in [-0.2, -0.15) is 0 Å². The highest BCUT2D eigenvalue weighted by atomic mass is 32.1. The number of rotatable bonds is 8. The summed E-state index contributed by atoms with van der Waals surface area (Å²) in [4.78, 5) is 11.5. The first-order valence-corrected chi connectivity index (χ1v) is 5.55. The number of carbonyl (C=O) groups is 1. The Balaban J connectivity index is 3.67. The Labute approximate surface area is 91.8 Å². The molecule has 0 fully saturated rings. The number of thiol groups is 1. The van der Waals surface area contributed by atoms with Crippen LogP contribution in [0.3, 0.4) is 0 Å². The van der Waals surface area contributed by atoms with E-state index < -0.39 is 0 Å². The normalized spacial score (nSPS) is 12.5. The summed E-state index contributed by atoms with van der Waals surface area (Å²) in [7, 11) is 0. The molecule has 14 heavy (non-hydrogen) atoms. The lowest BCUT2D eigenvalue weighted by molar-refractivity contribution is -0.149. The fourth-order valence-corrected chi connectivity index (χ4v) is 1.31. The van der Waals surface area contributed by atoms with E-state index in [0.29, 0.717) is 13.2 Å². The second kappa shape index (κ2) is 9.34. The van der Waals surface area contributed by atoms with E-state index in [-0.39, 0.29) is 11.9 Å². The Morgan fingerprint density at radius 3 is 2.57 bits per heavy atom. The van der Waals surface area contributed by atoms with E-state index in [1.54, 1.807) is 0 Å². The van der Waals surface area contributed by atoms with Crippen molar-refractivity contribution in [2.24, 2.45) is 5.92 Å². The van der Waals surface area contributed by atoms with Crippen molar-refractivity contribution in [1.29, 1.82) is 0 Å². The van der Waals surface area contributed by atoms with E-state index in [4.69, 9.17) is 4.74 Å². The minimum atomic E-state index is -0.105. The van der Waals surface area contributed by atoms with Crippen molar-refractivity contribution in [3.63, 3.8) is 0 Å². The number of esters is 1. The van der Waals surface area contributed by atoms with Crippen LogP contribution in [0.4, 0.5) is 0 Å². The van der Waals surface area contributed by atoms with Gasteiger partial charge >= 0.3 is 5.97 Å². The number of unbranched alkanes of at least 4 members (excludes halogenated alkanes) is 1. The van der Waals surface area contributed by atoms with Crippen molar-refractivity contribution in [3.05, 3.63) is 0 Å². The van der Waals surface area contributed by atoms with E-state index in [1.807, 2.05) is 6.92 Å². The first-order valence-electron chi connectivity index (χ1n) is 5.19. The van der Waals surface area contributed by atoms with Crippen molar-refractivity contribution in [2.75, 3.05) is 13.2 Å². The molecule has 0 amide bonds. The van der Waals surface area contributed by atoms with Crippen LogP contribution in [0.25, 0.3) is 0 Å². The molecule has 0 aliphatic heterocycles. The van der Waals surface area contributed by atoms with Gasteiger partial charge in [-0.25, -0.2) is 0 Å². The van der Waals surface area contributed by atoms with Crippen LogP contribution in [0.5, 0.6) is 0 Å².